The molecule has 0 spiro atoms. The number of hydrogen-bond donors (Lipinski definition) is 3. The molecule has 141 valence electrons. The van der Waals surface area contributed by atoms with Crippen LogP contribution in [0.2, 0.25) is 0 Å². The van der Waals surface area contributed by atoms with Gasteiger partial charge in [0, 0.05) is 0 Å². The van der Waals surface area contributed by atoms with Gasteiger partial charge in [0.25, 0.3) is 0 Å². The van der Waals surface area contributed by atoms with Crippen LogP contribution in [0.4, 0.5) is 11.4 Å². The maximum absolute atomic E-state index is 10.9. The van der Waals surface area contributed by atoms with Crippen LogP contribution in [0.15, 0.2) is 47.8 Å². The topological polar surface area (TPSA) is 163 Å². The third-order valence-electron chi connectivity index (χ3n) is 3.42. The van der Waals surface area contributed by atoms with Gasteiger partial charge in [-0.25, -0.2) is 0 Å². The molecule has 0 aliphatic carbocycles. The molecule has 11 heteroatoms. The summed E-state index contributed by atoms with van der Waals surface area (Å²) in [6.07, 6.45) is 2.38. The number of nitrogens with one attached hydrogen (secondary N) is 2. The molecule has 2 rings (SSSR count). The number of hydrogen-bond acceptors (Lipinski definition) is 7. The molecule has 10 nitrogen and oxygen atoms in total. The number of nitro groups is 2. The van der Waals surface area contributed by atoms with E-state index in [0.29, 0.717) is 0 Å². The first kappa shape index (κ1) is 19.7. The summed E-state index contributed by atoms with van der Waals surface area (Å²) < 4.78 is 2.40. The second kappa shape index (κ2) is 8.20. The van der Waals surface area contributed by atoms with E-state index in [2.05, 4.69) is 20.3 Å². The van der Waals surface area contributed by atoms with Crippen molar-refractivity contribution in [1.29, 1.82) is 0 Å². The van der Waals surface area contributed by atoms with Crippen molar-refractivity contribution in [3.63, 3.8) is 0 Å². The van der Waals surface area contributed by atoms with Gasteiger partial charge in [0.15, 0.2) is 0 Å². The molecule has 0 unspecified atom stereocenters. The van der Waals surface area contributed by atoms with Crippen molar-refractivity contribution < 1.29 is 36.0 Å². The molecule has 0 atom stereocenters. The fourth-order valence-corrected chi connectivity index (χ4v) is 2.29. The van der Waals surface area contributed by atoms with Crippen LogP contribution in [0.1, 0.15) is 11.1 Å². The van der Waals surface area contributed by atoms with Gasteiger partial charge in [0.2, 0.25) is 0 Å². The van der Waals surface area contributed by atoms with Gasteiger partial charge in [-0.2, -0.15) is 0 Å². The molecule has 0 saturated heterocycles. The fourth-order valence-electron chi connectivity index (χ4n) is 2.08. The molecular formula is C16H12CoN4O6. The van der Waals surface area contributed by atoms with Crippen LogP contribution >= 0.6 is 0 Å². The Bertz CT molecular complexity index is 973. The molecule has 0 aliphatic rings. The van der Waals surface area contributed by atoms with Crippen molar-refractivity contribution in [2.75, 3.05) is 0 Å². The van der Waals surface area contributed by atoms with Crippen LogP contribution in [-0.4, -0.2) is 20.1 Å². The van der Waals surface area contributed by atoms with E-state index in [1.165, 1.54) is 6.08 Å². The van der Waals surface area contributed by atoms with Crippen LogP contribution in [0, 0.1) is 20.2 Å². The van der Waals surface area contributed by atoms with E-state index in [-0.39, 0.29) is 45.4 Å². The van der Waals surface area contributed by atoms with Crippen LogP contribution in [-0.2, 0) is 16.0 Å². The van der Waals surface area contributed by atoms with Crippen LogP contribution < -0.4 is 10.1 Å². The number of non-ortho nitro benzene ring substituents is 2. The van der Waals surface area contributed by atoms with Gasteiger partial charge in [-0.1, -0.05) is 0 Å². The van der Waals surface area contributed by atoms with Crippen molar-refractivity contribution in [3.05, 3.63) is 79.1 Å². The Hall–Kier alpha value is -3.57. The van der Waals surface area contributed by atoms with Crippen LogP contribution in [0.5, 0.6) is 11.5 Å². The van der Waals surface area contributed by atoms with E-state index < -0.39 is 9.85 Å². The Morgan fingerprint density at radius 3 is 1.81 bits per heavy atom. The first-order valence-corrected chi connectivity index (χ1v) is 7.69. The Morgan fingerprint density at radius 1 is 0.963 bits per heavy atom. The number of aromatic hydroxyl groups is 2. The number of nitro benzene ring substituents is 2. The first-order valence-electron chi connectivity index (χ1n) is 7.17. The monoisotopic (exact) mass is 415 g/mol. The summed E-state index contributed by atoms with van der Waals surface area (Å²) in [4.78, 5) is 20.4. The second-order valence-electron chi connectivity index (χ2n) is 5.20. The molecule has 0 amide bonds. The summed E-state index contributed by atoms with van der Waals surface area (Å²) >= 11 is 3.92. The van der Waals surface area contributed by atoms with Crippen molar-refractivity contribution in [1.82, 2.24) is 10.1 Å². The number of phenols is 2. The van der Waals surface area contributed by atoms with Crippen molar-refractivity contribution in [2.45, 2.75) is 0 Å². The van der Waals surface area contributed by atoms with E-state index in [9.17, 15) is 30.4 Å². The molecule has 2 aromatic carbocycles. The van der Waals surface area contributed by atoms with Gasteiger partial charge in [0.05, 0.1) is 0 Å². The number of rotatable bonds is 6. The normalized spacial score (nSPS) is 11.9. The molecular weight excluding hydrogens is 403 g/mol. The predicted molar refractivity (Wildman–Crippen MR) is 91.7 cm³/mol. The van der Waals surface area contributed by atoms with Crippen LogP contribution in [0.3, 0.4) is 0 Å². The summed E-state index contributed by atoms with van der Waals surface area (Å²) in [6, 6.07) is 6.70. The molecule has 1 radical (unpaired) electrons. The molecule has 2 aromatic rings. The zero-order chi connectivity index (χ0) is 20.1. The van der Waals surface area contributed by atoms with E-state index in [0.717, 1.165) is 42.5 Å². The second-order valence-corrected chi connectivity index (χ2v) is 5.46. The molecule has 0 fully saturated rings. The molecule has 0 bridgehead atoms. The van der Waals surface area contributed by atoms with Crippen LogP contribution in [0.25, 0.3) is 12.2 Å². The Morgan fingerprint density at radius 2 is 1.41 bits per heavy atom. The van der Waals surface area contributed by atoms with E-state index in [1.54, 1.807) is 0 Å². The molecule has 0 aromatic heterocycles. The summed E-state index contributed by atoms with van der Waals surface area (Å²) in [6.45, 7) is 0. The maximum atomic E-state index is 10.9. The molecule has 0 saturated carbocycles. The quantitative estimate of drug-likeness (QED) is 0.371. The van der Waals surface area contributed by atoms with E-state index in [4.69, 9.17) is 5.73 Å². The van der Waals surface area contributed by atoms with E-state index in [1.807, 2.05) is 0 Å². The molecule has 0 aliphatic heterocycles. The third kappa shape index (κ3) is 4.74. The van der Waals surface area contributed by atoms with Crippen molar-refractivity contribution in [3.8, 4) is 11.5 Å². The zero-order valence-electron chi connectivity index (χ0n) is 13.4. The van der Waals surface area contributed by atoms with Gasteiger partial charge in [-0.05, 0) is 0 Å². The van der Waals surface area contributed by atoms with Crippen molar-refractivity contribution in [2.24, 2.45) is 0 Å². The van der Waals surface area contributed by atoms with Gasteiger partial charge >= 0.3 is 160 Å². The van der Waals surface area contributed by atoms with Gasteiger partial charge in [-0.3, -0.25) is 0 Å². The van der Waals surface area contributed by atoms with Gasteiger partial charge in [-0.15, -0.1) is 0 Å². The molecule has 27 heavy (non-hydrogen) atoms. The zero-order valence-corrected chi connectivity index (χ0v) is 14.4. The van der Waals surface area contributed by atoms with E-state index >= 15 is 0 Å². The van der Waals surface area contributed by atoms with Gasteiger partial charge in [0.1, 0.15) is 0 Å². The molecule has 0 heterocycles. The van der Waals surface area contributed by atoms with Gasteiger partial charge < -0.3 is 0 Å². The average Bonchev–Trinajstić information content (AvgIpc) is 2.62. The average molecular weight is 415 g/mol. The Balaban J connectivity index is 2.48. The van der Waals surface area contributed by atoms with Crippen molar-refractivity contribution >= 4 is 23.5 Å². The molecule has 4 N–H and O–H groups in total. The third-order valence-corrected chi connectivity index (χ3v) is 3.70. The number of phenolic OH excluding ortho intramolecular Hbond substituents is 2. The summed E-state index contributed by atoms with van der Waals surface area (Å²) in [7, 11) is 0. The number of nitrogens with zero attached hydrogens (tertiary/aromatic N) is 2. The number of benzene rings is 2. The SMILES string of the molecule is [NH]C(=Cc1cc([N+](=O)[O-])ccc1O)C(=Cc1cc([N+](=O)[O-])ccc1O)[NH][Co]. The predicted octanol–water partition coefficient (Wildman–Crippen LogP) is 2.63. The fraction of sp³-hybridized carbons (Fsp3) is 0. The Kier molecular flexibility index (Phi) is 6.00. The summed E-state index contributed by atoms with van der Waals surface area (Å²) in [5, 5.41) is 41.4. The minimum atomic E-state index is -0.644. The summed E-state index contributed by atoms with van der Waals surface area (Å²) in [5.41, 5.74) is 7.41. The first-order chi connectivity index (χ1) is 12.7. The standard InChI is InChI=1S/C16H12N4O6.Co/c17-13(7-9-5-11(19(23)24)1-3-15(9)21)14(18)8-10-6-12(20(25)26)2-4-16(10)22;/h1-8,17-18,21-22H;/q-1;+1. The Labute approximate surface area is 160 Å². The summed E-state index contributed by atoms with van der Waals surface area (Å²) in [5.74, 6) is -0.534. The minimum absolute atomic E-state index is 0.0196.